The molecule has 1 N–H and O–H groups in total. The molecule has 104 valence electrons. The van der Waals surface area contributed by atoms with Gasteiger partial charge in [0.15, 0.2) is 0 Å². The third kappa shape index (κ3) is 1.84. The SMILES string of the molecule is COc1cccc2c1CN([C@H]1CCC(=O)NC1=O)C2=O. The Morgan fingerprint density at radius 1 is 1.30 bits per heavy atom. The Labute approximate surface area is 115 Å². The number of carbonyl (C=O) groups excluding carboxylic acids is 3. The number of ether oxygens (including phenoxy) is 1. The molecule has 6 heteroatoms. The molecule has 0 bridgehead atoms. The van der Waals surface area contributed by atoms with E-state index in [1.165, 1.54) is 4.90 Å². The zero-order valence-electron chi connectivity index (χ0n) is 11.0. The molecule has 2 aliphatic rings. The van der Waals surface area contributed by atoms with E-state index in [4.69, 9.17) is 4.74 Å². The van der Waals surface area contributed by atoms with Gasteiger partial charge in [-0.1, -0.05) is 6.07 Å². The third-order valence-electron chi connectivity index (χ3n) is 3.76. The van der Waals surface area contributed by atoms with E-state index in [0.717, 1.165) is 5.56 Å². The maximum atomic E-state index is 12.4. The Balaban J connectivity index is 1.90. The van der Waals surface area contributed by atoms with Crippen LogP contribution < -0.4 is 10.1 Å². The molecule has 0 aliphatic carbocycles. The molecule has 3 amide bonds. The molecule has 0 saturated carbocycles. The average Bonchev–Trinajstić information content (AvgIpc) is 2.76. The first-order chi connectivity index (χ1) is 9.61. The highest BCUT2D eigenvalue weighted by Crippen LogP contribution is 2.33. The van der Waals surface area contributed by atoms with Crippen molar-refractivity contribution in [2.45, 2.75) is 25.4 Å². The lowest BCUT2D eigenvalue weighted by Crippen LogP contribution is -2.52. The van der Waals surface area contributed by atoms with Gasteiger partial charge in [-0.15, -0.1) is 0 Å². The van der Waals surface area contributed by atoms with Crippen molar-refractivity contribution in [1.29, 1.82) is 0 Å². The van der Waals surface area contributed by atoms with Crippen molar-refractivity contribution < 1.29 is 19.1 Å². The lowest BCUT2D eigenvalue weighted by molar-refractivity contribution is -0.136. The van der Waals surface area contributed by atoms with Crippen LogP contribution in [0.1, 0.15) is 28.8 Å². The fourth-order valence-corrected chi connectivity index (χ4v) is 2.75. The van der Waals surface area contributed by atoms with Crippen molar-refractivity contribution in [2.75, 3.05) is 7.11 Å². The summed E-state index contributed by atoms with van der Waals surface area (Å²) in [5, 5.41) is 2.28. The summed E-state index contributed by atoms with van der Waals surface area (Å²) in [5.41, 5.74) is 1.36. The van der Waals surface area contributed by atoms with Crippen molar-refractivity contribution >= 4 is 17.7 Å². The Bertz CT molecular complexity index is 611. The van der Waals surface area contributed by atoms with Crippen LogP contribution in [0.25, 0.3) is 0 Å². The highest BCUT2D eigenvalue weighted by Gasteiger charge is 2.39. The molecule has 0 aromatic heterocycles. The molecule has 1 aromatic carbocycles. The second-order valence-electron chi connectivity index (χ2n) is 4.89. The van der Waals surface area contributed by atoms with Gasteiger partial charge in [0.25, 0.3) is 5.91 Å². The van der Waals surface area contributed by atoms with Crippen LogP contribution in [-0.4, -0.2) is 35.8 Å². The van der Waals surface area contributed by atoms with E-state index in [0.29, 0.717) is 24.3 Å². The predicted molar refractivity (Wildman–Crippen MR) is 69.0 cm³/mol. The van der Waals surface area contributed by atoms with Gasteiger partial charge in [0.05, 0.1) is 13.7 Å². The van der Waals surface area contributed by atoms with Crippen LogP contribution in [0.2, 0.25) is 0 Å². The summed E-state index contributed by atoms with van der Waals surface area (Å²) in [4.78, 5) is 37.0. The first-order valence-electron chi connectivity index (χ1n) is 6.42. The smallest absolute Gasteiger partial charge is 0.255 e. The Hall–Kier alpha value is -2.37. The number of hydrogen-bond donors (Lipinski definition) is 1. The normalized spacial score (nSPS) is 21.8. The minimum atomic E-state index is -0.586. The van der Waals surface area contributed by atoms with Crippen LogP contribution in [0.4, 0.5) is 0 Å². The molecule has 0 spiro atoms. The molecule has 1 atom stereocenters. The summed E-state index contributed by atoms with van der Waals surface area (Å²) < 4.78 is 5.25. The number of benzene rings is 1. The van der Waals surface area contributed by atoms with E-state index in [9.17, 15) is 14.4 Å². The molecular weight excluding hydrogens is 260 g/mol. The number of nitrogens with zero attached hydrogens (tertiary/aromatic N) is 1. The topological polar surface area (TPSA) is 75.7 Å². The van der Waals surface area contributed by atoms with Crippen molar-refractivity contribution in [1.82, 2.24) is 10.2 Å². The Morgan fingerprint density at radius 3 is 2.80 bits per heavy atom. The van der Waals surface area contributed by atoms with E-state index in [1.807, 2.05) is 0 Å². The standard InChI is InChI=1S/C14H14N2O4/c1-20-11-4-2-3-8-9(11)7-16(14(8)19)10-5-6-12(17)15-13(10)18/h2-4,10H,5-7H2,1H3,(H,15,17,18)/t10-/m0/s1. The number of hydrogen-bond acceptors (Lipinski definition) is 4. The quantitative estimate of drug-likeness (QED) is 0.795. The van der Waals surface area contributed by atoms with E-state index < -0.39 is 11.9 Å². The third-order valence-corrected chi connectivity index (χ3v) is 3.76. The zero-order chi connectivity index (χ0) is 14.3. The van der Waals surface area contributed by atoms with Gasteiger partial charge in [0, 0.05) is 17.5 Å². The number of fused-ring (bicyclic) bond motifs is 1. The lowest BCUT2D eigenvalue weighted by atomic mass is 10.0. The van der Waals surface area contributed by atoms with Gasteiger partial charge in [-0.05, 0) is 18.6 Å². The molecule has 20 heavy (non-hydrogen) atoms. The van der Waals surface area contributed by atoms with Gasteiger partial charge in [-0.2, -0.15) is 0 Å². The number of imide groups is 1. The second kappa shape index (κ2) is 4.63. The molecule has 2 heterocycles. The summed E-state index contributed by atoms with van der Waals surface area (Å²) in [5.74, 6) is -0.228. The maximum absolute atomic E-state index is 12.4. The largest absolute Gasteiger partial charge is 0.496 e. The van der Waals surface area contributed by atoms with Crippen LogP contribution in [0.15, 0.2) is 18.2 Å². The van der Waals surface area contributed by atoms with E-state index >= 15 is 0 Å². The average molecular weight is 274 g/mol. The molecule has 3 rings (SSSR count). The predicted octanol–water partition coefficient (Wildman–Crippen LogP) is 0.456. The van der Waals surface area contributed by atoms with Crippen LogP contribution in [-0.2, 0) is 16.1 Å². The van der Waals surface area contributed by atoms with Gasteiger partial charge >= 0.3 is 0 Å². The molecular formula is C14H14N2O4. The van der Waals surface area contributed by atoms with Crippen LogP contribution in [0.5, 0.6) is 5.75 Å². The number of methoxy groups -OCH3 is 1. The number of nitrogens with one attached hydrogen (secondary N) is 1. The van der Waals surface area contributed by atoms with Gasteiger partial charge in [0.1, 0.15) is 11.8 Å². The number of rotatable bonds is 2. The zero-order valence-corrected chi connectivity index (χ0v) is 11.0. The van der Waals surface area contributed by atoms with Gasteiger partial charge in [-0.3, -0.25) is 19.7 Å². The van der Waals surface area contributed by atoms with Crippen LogP contribution in [0.3, 0.4) is 0 Å². The molecule has 6 nitrogen and oxygen atoms in total. The van der Waals surface area contributed by atoms with Gasteiger partial charge in [0.2, 0.25) is 11.8 Å². The minimum Gasteiger partial charge on any atom is -0.496 e. The number of piperidine rings is 1. The lowest BCUT2D eigenvalue weighted by Gasteiger charge is -2.29. The Kier molecular flexibility index (Phi) is 2.93. The van der Waals surface area contributed by atoms with Crippen LogP contribution in [0, 0.1) is 0 Å². The molecule has 1 aromatic rings. The van der Waals surface area contributed by atoms with Crippen molar-refractivity contribution in [3.63, 3.8) is 0 Å². The summed E-state index contributed by atoms with van der Waals surface area (Å²) >= 11 is 0. The fourth-order valence-electron chi connectivity index (χ4n) is 2.75. The monoisotopic (exact) mass is 274 g/mol. The van der Waals surface area contributed by atoms with E-state index in [-0.39, 0.29) is 18.2 Å². The first-order valence-corrected chi connectivity index (χ1v) is 6.42. The summed E-state index contributed by atoms with van der Waals surface area (Å²) in [6.45, 7) is 0.338. The van der Waals surface area contributed by atoms with Crippen molar-refractivity contribution in [3.8, 4) is 5.75 Å². The summed E-state index contributed by atoms with van der Waals surface area (Å²) in [6.07, 6.45) is 0.625. The number of amides is 3. The first kappa shape index (κ1) is 12.7. The van der Waals surface area contributed by atoms with Crippen LogP contribution >= 0.6 is 0 Å². The summed E-state index contributed by atoms with van der Waals surface area (Å²) in [6, 6.07) is 4.69. The molecule has 0 unspecified atom stereocenters. The molecule has 0 radical (unpaired) electrons. The van der Waals surface area contributed by atoms with E-state index in [1.54, 1.807) is 25.3 Å². The highest BCUT2D eigenvalue weighted by atomic mass is 16.5. The highest BCUT2D eigenvalue weighted by molar-refractivity contribution is 6.05. The molecule has 1 fully saturated rings. The van der Waals surface area contributed by atoms with Gasteiger partial charge in [-0.25, -0.2) is 0 Å². The Morgan fingerprint density at radius 2 is 2.10 bits per heavy atom. The van der Waals surface area contributed by atoms with Crippen molar-refractivity contribution in [2.24, 2.45) is 0 Å². The van der Waals surface area contributed by atoms with E-state index in [2.05, 4.69) is 5.32 Å². The fraction of sp³-hybridized carbons (Fsp3) is 0.357. The summed E-state index contributed by atoms with van der Waals surface area (Å²) in [7, 11) is 1.55. The van der Waals surface area contributed by atoms with Crippen molar-refractivity contribution in [3.05, 3.63) is 29.3 Å². The van der Waals surface area contributed by atoms with Gasteiger partial charge < -0.3 is 9.64 Å². The maximum Gasteiger partial charge on any atom is 0.255 e. The molecule has 2 aliphatic heterocycles. The second-order valence-corrected chi connectivity index (χ2v) is 4.89. The molecule has 1 saturated heterocycles. The minimum absolute atomic E-state index is 0.187. The number of carbonyl (C=O) groups is 3.